The minimum atomic E-state index is -3.64. The topological polar surface area (TPSA) is 78.8 Å². The van der Waals surface area contributed by atoms with Crippen molar-refractivity contribution in [3.8, 4) is 0 Å². The number of nitrogens with zero attached hydrogens (tertiary/aromatic N) is 2. The zero-order valence-corrected chi connectivity index (χ0v) is 20.7. The second kappa shape index (κ2) is 10.4. The third-order valence-electron chi connectivity index (χ3n) is 4.94. The van der Waals surface area contributed by atoms with E-state index in [2.05, 4.69) is 10.5 Å². The summed E-state index contributed by atoms with van der Waals surface area (Å²) >= 11 is 12.3. The summed E-state index contributed by atoms with van der Waals surface area (Å²) < 4.78 is 26.0. The van der Waals surface area contributed by atoms with E-state index in [-0.39, 0.29) is 28.2 Å². The highest BCUT2D eigenvalue weighted by Gasteiger charge is 2.21. The van der Waals surface area contributed by atoms with E-state index < -0.39 is 10.0 Å². The molecule has 3 aromatic rings. The van der Waals surface area contributed by atoms with Gasteiger partial charge < -0.3 is 0 Å². The largest absolute Gasteiger partial charge is 0.271 e. The number of hydrazone groups is 1. The molecule has 0 bridgehead atoms. The average Bonchev–Trinajstić information content (AvgIpc) is 2.78. The van der Waals surface area contributed by atoms with Crippen LogP contribution in [0.5, 0.6) is 0 Å². The highest BCUT2D eigenvalue weighted by Crippen LogP contribution is 2.34. The quantitative estimate of drug-likeness (QED) is 0.345. The number of nitrogens with one attached hydrogen (secondary N) is 1. The van der Waals surface area contributed by atoms with Gasteiger partial charge in [0.25, 0.3) is 5.91 Å². The van der Waals surface area contributed by atoms with E-state index in [4.69, 9.17) is 23.2 Å². The van der Waals surface area contributed by atoms with Crippen LogP contribution in [0, 0.1) is 6.92 Å². The molecule has 0 unspecified atom stereocenters. The van der Waals surface area contributed by atoms with Crippen LogP contribution >= 0.6 is 23.2 Å². The number of anilines is 1. The Balaban J connectivity index is 1.74. The molecule has 0 aliphatic carbocycles. The van der Waals surface area contributed by atoms with E-state index in [0.717, 1.165) is 17.4 Å². The molecule has 1 amide bonds. The summed E-state index contributed by atoms with van der Waals surface area (Å²) in [5.74, 6) is -0.370. The van der Waals surface area contributed by atoms with Gasteiger partial charge in [-0.15, -0.1) is 0 Å². The van der Waals surface area contributed by atoms with Gasteiger partial charge in [-0.2, -0.15) is 5.10 Å². The maximum atomic E-state index is 12.5. The van der Waals surface area contributed by atoms with Gasteiger partial charge in [-0.25, -0.2) is 13.8 Å². The van der Waals surface area contributed by atoms with Crippen LogP contribution < -0.4 is 9.73 Å². The number of benzene rings is 3. The number of sulfonamides is 1. The van der Waals surface area contributed by atoms with E-state index in [1.807, 2.05) is 38.1 Å². The fourth-order valence-corrected chi connectivity index (χ4v) is 4.39. The second-order valence-corrected chi connectivity index (χ2v) is 10.2. The molecule has 0 aromatic heterocycles. The third-order valence-corrected chi connectivity index (χ3v) is 6.87. The molecular weight excluding hydrogens is 481 g/mol. The molecule has 9 heteroatoms. The maximum Gasteiger partial charge on any atom is 0.271 e. The standard InChI is InChI=1S/C24H23Cl2N3O3S/c1-16-7-11-19(12-8-16)17(2)27-28-24(30)20-13-9-18(10-14-20)15-29(33(3,31)32)22-6-4-5-21(25)23(22)26/h4-14H,15H2,1-3H3,(H,28,30)/b27-17-. The molecule has 0 atom stereocenters. The maximum absolute atomic E-state index is 12.5. The average molecular weight is 504 g/mol. The number of hydrogen-bond acceptors (Lipinski definition) is 4. The van der Waals surface area contributed by atoms with Crippen LogP contribution in [0.3, 0.4) is 0 Å². The van der Waals surface area contributed by atoms with Crippen LogP contribution in [0.25, 0.3) is 0 Å². The van der Waals surface area contributed by atoms with E-state index in [0.29, 0.717) is 16.8 Å². The first kappa shape index (κ1) is 24.8. The summed E-state index contributed by atoms with van der Waals surface area (Å²) in [6.45, 7) is 3.85. The lowest BCUT2D eigenvalue weighted by Gasteiger charge is -2.24. The fraction of sp³-hybridized carbons (Fsp3) is 0.167. The van der Waals surface area contributed by atoms with E-state index in [1.165, 1.54) is 4.31 Å². The second-order valence-electron chi connectivity index (χ2n) is 7.54. The SMILES string of the molecule is C/C(=N/NC(=O)c1ccc(CN(c2cccc(Cl)c2Cl)S(C)(=O)=O)cc1)c1ccc(C)cc1. The first-order valence-corrected chi connectivity index (χ1v) is 12.6. The van der Waals surface area contributed by atoms with Crippen molar-refractivity contribution in [2.24, 2.45) is 5.10 Å². The number of rotatable bonds is 7. The molecule has 1 N–H and O–H groups in total. The van der Waals surface area contributed by atoms with Gasteiger partial charge in [0, 0.05) is 5.56 Å². The van der Waals surface area contributed by atoms with E-state index >= 15 is 0 Å². The number of carbonyl (C=O) groups excluding carboxylic acids is 1. The molecule has 3 aromatic carbocycles. The first-order chi connectivity index (χ1) is 15.6. The predicted molar refractivity (Wildman–Crippen MR) is 135 cm³/mol. The zero-order valence-electron chi connectivity index (χ0n) is 18.3. The Morgan fingerprint density at radius 2 is 1.58 bits per heavy atom. The molecule has 33 heavy (non-hydrogen) atoms. The minimum Gasteiger partial charge on any atom is -0.267 e. The number of carbonyl (C=O) groups is 1. The van der Waals surface area contributed by atoms with Crippen molar-refractivity contribution < 1.29 is 13.2 Å². The van der Waals surface area contributed by atoms with Crippen molar-refractivity contribution in [1.29, 1.82) is 0 Å². The lowest BCUT2D eigenvalue weighted by Crippen LogP contribution is -2.29. The Bertz CT molecular complexity index is 1290. The Morgan fingerprint density at radius 3 is 2.18 bits per heavy atom. The van der Waals surface area contributed by atoms with Crippen LogP contribution in [0.4, 0.5) is 5.69 Å². The van der Waals surface area contributed by atoms with Crippen molar-refractivity contribution in [2.75, 3.05) is 10.6 Å². The lowest BCUT2D eigenvalue weighted by molar-refractivity contribution is 0.0955. The third kappa shape index (κ3) is 6.35. The number of halogens is 2. The van der Waals surface area contributed by atoms with Gasteiger partial charge >= 0.3 is 0 Å². The first-order valence-electron chi connectivity index (χ1n) is 9.98. The highest BCUT2D eigenvalue weighted by atomic mass is 35.5. The Labute approximate surface area is 203 Å². The van der Waals surface area contributed by atoms with Crippen LogP contribution in [-0.2, 0) is 16.6 Å². The summed E-state index contributed by atoms with van der Waals surface area (Å²) in [6, 6.07) is 19.2. The Kier molecular flexibility index (Phi) is 7.79. The molecule has 0 fully saturated rings. The van der Waals surface area contributed by atoms with E-state index in [1.54, 1.807) is 42.5 Å². The number of hydrogen-bond donors (Lipinski definition) is 1. The lowest BCUT2D eigenvalue weighted by atomic mass is 10.1. The van der Waals surface area contributed by atoms with Crippen LogP contribution in [0.15, 0.2) is 71.8 Å². The van der Waals surface area contributed by atoms with Crippen molar-refractivity contribution in [2.45, 2.75) is 20.4 Å². The smallest absolute Gasteiger partial charge is 0.267 e. The summed E-state index contributed by atoms with van der Waals surface area (Å²) in [7, 11) is -3.64. The molecular formula is C24H23Cl2N3O3S. The van der Waals surface area contributed by atoms with Gasteiger partial charge in [0.05, 0.1) is 34.2 Å². The molecule has 172 valence electrons. The van der Waals surface area contributed by atoms with Crippen LogP contribution in [0.2, 0.25) is 10.0 Å². The number of aryl methyl sites for hydroxylation is 1. The summed E-state index contributed by atoms with van der Waals surface area (Å²) in [4.78, 5) is 12.5. The molecule has 0 spiro atoms. The van der Waals surface area contributed by atoms with Crippen LogP contribution in [0.1, 0.15) is 34.0 Å². The molecule has 0 aliphatic rings. The van der Waals surface area contributed by atoms with Crippen LogP contribution in [-0.4, -0.2) is 26.3 Å². The monoisotopic (exact) mass is 503 g/mol. The van der Waals surface area contributed by atoms with Gasteiger partial charge in [-0.1, -0.05) is 71.2 Å². The zero-order chi connectivity index (χ0) is 24.2. The molecule has 3 rings (SSSR count). The van der Waals surface area contributed by atoms with E-state index in [9.17, 15) is 13.2 Å². The highest BCUT2D eigenvalue weighted by molar-refractivity contribution is 7.92. The van der Waals surface area contributed by atoms with Gasteiger partial charge in [0.15, 0.2) is 0 Å². The van der Waals surface area contributed by atoms with Crippen molar-refractivity contribution >= 4 is 50.5 Å². The summed E-state index contributed by atoms with van der Waals surface area (Å²) in [5, 5.41) is 4.58. The molecule has 6 nitrogen and oxygen atoms in total. The molecule has 0 saturated carbocycles. The Morgan fingerprint density at radius 1 is 0.970 bits per heavy atom. The van der Waals surface area contributed by atoms with Crippen molar-refractivity contribution in [3.05, 3.63) is 99.0 Å². The summed E-state index contributed by atoms with van der Waals surface area (Å²) in [6.07, 6.45) is 1.10. The predicted octanol–water partition coefficient (Wildman–Crippen LogP) is 5.42. The molecule has 0 aliphatic heterocycles. The molecule has 0 radical (unpaired) electrons. The molecule has 0 saturated heterocycles. The van der Waals surface area contributed by atoms with Gasteiger partial charge in [0.1, 0.15) is 0 Å². The van der Waals surface area contributed by atoms with Gasteiger partial charge in [-0.3, -0.25) is 9.10 Å². The van der Waals surface area contributed by atoms with Gasteiger partial charge in [-0.05, 0) is 49.2 Å². The minimum absolute atomic E-state index is 0.0332. The molecule has 0 heterocycles. The van der Waals surface area contributed by atoms with Crippen molar-refractivity contribution in [1.82, 2.24) is 5.43 Å². The Hall–Kier alpha value is -2.87. The van der Waals surface area contributed by atoms with Gasteiger partial charge in [0.2, 0.25) is 10.0 Å². The summed E-state index contributed by atoms with van der Waals surface area (Å²) in [5.41, 5.74) is 6.64. The fourth-order valence-electron chi connectivity index (χ4n) is 3.05. The van der Waals surface area contributed by atoms with Crippen molar-refractivity contribution in [3.63, 3.8) is 0 Å². The normalized spacial score (nSPS) is 11.8. The number of amides is 1.